The van der Waals surface area contributed by atoms with Crippen LogP contribution in [-0.2, 0) is 0 Å². The Balaban J connectivity index is 2.38. The smallest absolute Gasteiger partial charge is 0.00216 e. The Kier molecular flexibility index (Phi) is 5.86. The quantitative estimate of drug-likeness (QED) is 0.359. The van der Waals surface area contributed by atoms with Crippen LogP contribution in [-0.4, -0.2) is 0 Å². The minimum Gasteiger partial charge on any atom is -0.0704 e. The van der Waals surface area contributed by atoms with E-state index in [9.17, 15) is 0 Å². The average Bonchev–Trinajstić information content (AvgIpc) is 2.90. The molecule has 0 aromatic rings. The van der Waals surface area contributed by atoms with Gasteiger partial charge in [-0.05, 0) is 93.3 Å². The van der Waals surface area contributed by atoms with E-state index in [1.807, 2.05) is 0 Å². The van der Waals surface area contributed by atoms with Crippen LogP contribution in [0.3, 0.4) is 0 Å². The summed E-state index contributed by atoms with van der Waals surface area (Å²) in [5.41, 5.74) is 10.5. The Morgan fingerprint density at radius 1 is 0.586 bits per heavy atom. The molecule has 0 N–H and O–H groups in total. The van der Waals surface area contributed by atoms with Crippen LogP contribution in [0.5, 0.6) is 0 Å². The molecule has 7 unspecified atom stereocenters. The maximum atomic E-state index is 2.65. The highest BCUT2D eigenvalue weighted by Gasteiger charge is 2.61. The van der Waals surface area contributed by atoms with Gasteiger partial charge in [-0.2, -0.15) is 0 Å². The summed E-state index contributed by atoms with van der Waals surface area (Å²) in [4.78, 5) is 0. The van der Waals surface area contributed by atoms with E-state index in [4.69, 9.17) is 0 Å². The van der Waals surface area contributed by atoms with Crippen molar-refractivity contribution < 1.29 is 0 Å². The highest BCUT2D eigenvalue weighted by Crippen LogP contribution is 2.67. The zero-order valence-corrected chi connectivity index (χ0v) is 21.7. The van der Waals surface area contributed by atoms with Gasteiger partial charge in [0.15, 0.2) is 0 Å². The van der Waals surface area contributed by atoms with E-state index < -0.39 is 0 Å². The summed E-state index contributed by atoms with van der Waals surface area (Å²) in [6, 6.07) is 0. The van der Waals surface area contributed by atoms with Gasteiger partial charge in [0.05, 0.1) is 0 Å². The molecule has 29 heavy (non-hydrogen) atoms. The number of rotatable bonds is 0. The Labute approximate surface area is 182 Å². The van der Waals surface area contributed by atoms with Crippen LogP contribution < -0.4 is 0 Å². The van der Waals surface area contributed by atoms with Crippen molar-refractivity contribution in [1.82, 2.24) is 0 Å². The lowest BCUT2D eigenvalue weighted by Crippen LogP contribution is -2.45. The maximum Gasteiger partial charge on any atom is -0.00216 e. The van der Waals surface area contributed by atoms with Crippen LogP contribution in [0.4, 0.5) is 0 Å². The first-order chi connectivity index (χ1) is 13.3. The molecule has 0 nitrogen and oxygen atoms in total. The third-order valence-electron chi connectivity index (χ3n) is 11.5. The van der Waals surface area contributed by atoms with Crippen molar-refractivity contribution in [3.63, 3.8) is 0 Å². The third kappa shape index (κ3) is 2.90. The lowest BCUT2D eigenvalue weighted by atomic mass is 9.52. The second-order valence-corrected chi connectivity index (χ2v) is 11.7. The first-order valence-electron chi connectivity index (χ1n) is 12.3. The molecule has 0 aromatic heterocycles. The molecule has 10 atom stereocenters. The van der Waals surface area contributed by atoms with Gasteiger partial charge < -0.3 is 0 Å². The van der Waals surface area contributed by atoms with E-state index >= 15 is 0 Å². The topological polar surface area (TPSA) is 0 Å². The molecule has 3 aliphatic carbocycles. The summed E-state index contributed by atoms with van der Waals surface area (Å²) < 4.78 is 0. The molecule has 164 valence electrons. The lowest BCUT2D eigenvalue weighted by Gasteiger charge is -2.52. The van der Waals surface area contributed by atoms with Crippen LogP contribution >= 0.6 is 0 Å². The van der Waals surface area contributed by atoms with E-state index in [1.54, 1.807) is 33.4 Å². The molecule has 3 aliphatic rings. The predicted octanol–water partition coefficient (Wildman–Crippen LogP) is 8.71. The van der Waals surface area contributed by atoms with Gasteiger partial charge in [-0.3, -0.25) is 0 Å². The number of hydrogen-bond donors (Lipinski definition) is 0. The summed E-state index contributed by atoms with van der Waals surface area (Å²) in [5, 5.41) is 0. The molecule has 0 amide bonds. The highest BCUT2D eigenvalue weighted by atomic mass is 14.7. The summed E-state index contributed by atoms with van der Waals surface area (Å²) in [6.45, 7) is 32.6. The fourth-order valence-electron chi connectivity index (χ4n) is 8.41. The van der Waals surface area contributed by atoms with E-state index in [2.05, 4.69) is 90.0 Å². The Morgan fingerprint density at radius 3 is 1.66 bits per heavy atom. The number of allylic oxidation sites excluding steroid dienone is 6. The lowest BCUT2D eigenvalue weighted by molar-refractivity contribution is 0.0479. The van der Waals surface area contributed by atoms with Crippen molar-refractivity contribution in [3.8, 4) is 0 Å². The van der Waals surface area contributed by atoms with Crippen molar-refractivity contribution in [2.45, 2.75) is 90.0 Å². The van der Waals surface area contributed by atoms with Gasteiger partial charge in [0.1, 0.15) is 0 Å². The monoisotopic (exact) mass is 396 g/mol. The van der Waals surface area contributed by atoms with Crippen molar-refractivity contribution in [3.05, 3.63) is 33.4 Å². The average molecular weight is 397 g/mol. The van der Waals surface area contributed by atoms with Crippen LogP contribution in [0.2, 0.25) is 0 Å². The fraction of sp³-hybridized carbons (Fsp3) is 0.793. The molecule has 0 aliphatic heterocycles. The van der Waals surface area contributed by atoms with Gasteiger partial charge in [0.25, 0.3) is 0 Å². The summed E-state index contributed by atoms with van der Waals surface area (Å²) >= 11 is 0. The maximum absolute atomic E-state index is 2.65. The normalized spacial score (nSPS) is 48.9. The van der Waals surface area contributed by atoms with Crippen LogP contribution in [0.1, 0.15) is 90.0 Å². The van der Waals surface area contributed by atoms with Gasteiger partial charge in [0.2, 0.25) is 0 Å². The molecule has 0 aromatic carbocycles. The summed E-state index contributed by atoms with van der Waals surface area (Å²) in [6.07, 6.45) is 0. The second-order valence-electron chi connectivity index (χ2n) is 11.7. The van der Waals surface area contributed by atoms with Gasteiger partial charge in [0, 0.05) is 0 Å². The van der Waals surface area contributed by atoms with Crippen molar-refractivity contribution >= 4 is 0 Å². The molecule has 0 spiro atoms. The molecule has 1 fully saturated rings. The minimum absolute atomic E-state index is 0.399. The molecule has 0 heteroatoms. The van der Waals surface area contributed by atoms with Crippen LogP contribution in [0, 0.1) is 58.7 Å². The molecule has 1 saturated carbocycles. The van der Waals surface area contributed by atoms with Crippen molar-refractivity contribution in [2.24, 2.45) is 58.7 Å². The van der Waals surface area contributed by atoms with Gasteiger partial charge in [-0.15, -0.1) is 0 Å². The van der Waals surface area contributed by atoms with Crippen LogP contribution in [0.15, 0.2) is 33.4 Å². The zero-order valence-electron chi connectivity index (χ0n) is 21.7. The van der Waals surface area contributed by atoms with E-state index in [0.29, 0.717) is 40.9 Å². The fourth-order valence-corrected chi connectivity index (χ4v) is 8.41. The standard InChI is InChI=1S/C29H48/c1-14-15(2)17(4)19(6)26-21(8)24(11)29(13)25(12)22(9)27(28(29)23(26)10)20(7)18(5)16(14)3/h16-17,19,22-25,27-28H,1-13H3/t16?,17?,19?,22?,23?,24?,25?,27-,28-,29+/m1/s1. The molecule has 2 bridgehead atoms. The molecule has 0 heterocycles. The molecule has 0 saturated heterocycles. The first-order valence-corrected chi connectivity index (χ1v) is 12.3. The van der Waals surface area contributed by atoms with Crippen molar-refractivity contribution in [1.29, 1.82) is 0 Å². The highest BCUT2D eigenvalue weighted by molar-refractivity contribution is 5.37. The zero-order chi connectivity index (χ0) is 22.2. The van der Waals surface area contributed by atoms with E-state index in [0.717, 1.165) is 17.8 Å². The van der Waals surface area contributed by atoms with E-state index in [-0.39, 0.29) is 0 Å². The Hall–Kier alpha value is -0.780. The van der Waals surface area contributed by atoms with E-state index in [1.165, 1.54) is 0 Å². The predicted molar refractivity (Wildman–Crippen MR) is 129 cm³/mol. The minimum atomic E-state index is 0.399. The summed E-state index contributed by atoms with van der Waals surface area (Å²) in [5.74, 6) is 6.14. The molecular weight excluding hydrogens is 348 g/mol. The Bertz CT molecular complexity index is 774. The summed E-state index contributed by atoms with van der Waals surface area (Å²) in [7, 11) is 0. The largest absolute Gasteiger partial charge is 0.0704 e. The van der Waals surface area contributed by atoms with Gasteiger partial charge >= 0.3 is 0 Å². The first kappa shape index (κ1) is 22.9. The Morgan fingerprint density at radius 2 is 1.10 bits per heavy atom. The molecular formula is C29H48. The molecule has 0 radical (unpaired) electrons. The van der Waals surface area contributed by atoms with Crippen molar-refractivity contribution in [2.75, 3.05) is 0 Å². The number of fused-ring (bicyclic) bond motifs is 1. The second kappa shape index (κ2) is 7.42. The van der Waals surface area contributed by atoms with Gasteiger partial charge in [-0.1, -0.05) is 88.8 Å². The van der Waals surface area contributed by atoms with Crippen LogP contribution in [0.25, 0.3) is 0 Å². The number of hydrogen-bond acceptors (Lipinski definition) is 0. The molecule has 3 rings (SSSR count). The SMILES string of the molecule is CC1=C(C)C(C)C(C)C2=C(C)C(C)[C@@]3(C)C(C)C(C)[C@@H](C(C)=C(C)C1C)[C@H]3C2C. The third-order valence-corrected chi connectivity index (χ3v) is 11.5. The van der Waals surface area contributed by atoms with Gasteiger partial charge in [-0.25, -0.2) is 0 Å².